The molecule has 0 unspecified atom stereocenters. The molecule has 0 aromatic heterocycles. The van der Waals surface area contributed by atoms with Gasteiger partial charge in [-0.15, -0.1) is 0 Å². The largest absolute Gasteiger partial charge is 0.496 e. The molecule has 2 N–H and O–H groups in total. The number of rotatable bonds is 3. The van der Waals surface area contributed by atoms with Crippen LogP contribution in [0.15, 0.2) is 18.2 Å². The van der Waals surface area contributed by atoms with E-state index in [0.29, 0.717) is 13.2 Å². The van der Waals surface area contributed by atoms with Crippen molar-refractivity contribution >= 4 is 0 Å². The average Bonchev–Trinajstić information content (AvgIpc) is 2.25. The Morgan fingerprint density at radius 3 is 2.67 bits per heavy atom. The summed E-state index contributed by atoms with van der Waals surface area (Å²) >= 11 is 0. The summed E-state index contributed by atoms with van der Waals surface area (Å²) in [5, 5.41) is 0. The lowest BCUT2D eigenvalue weighted by molar-refractivity contribution is -0.0578. The van der Waals surface area contributed by atoms with Gasteiger partial charge in [0.1, 0.15) is 5.75 Å². The van der Waals surface area contributed by atoms with Gasteiger partial charge < -0.3 is 15.2 Å². The zero-order chi connectivity index (χ0) is 10.9. The van der Waals surface area contributed by atoms with Gasteiger partial charge >= 0.3 is 0 Å². The molecule has 1 aliphatic heterocycles. The fraction of sp³-hybridized carbons (Fsp3) is 0.500. The van der Waals surface area contributed by atoms with Crippen molar-refractivity contribution in [3.05, 3.63) is 29.3 Å². The molecule has 0 spiro atoms. The maximum atomic E-state index is 6.22. The Hall–Kier alpha value is -1.06. The standard InChI is InChI=1S/C12H17NO2/c1-3-9-4-5-11(14-2)10(6-9)12(13)7-15-8-12/h4-6H,3,7-8,13H2,1-2H3. The monoisotopic (exact) mass is 207 g/mol. The Morgan fingerprint density at radius 1 is 1.47 bits per heavy atom. The van der Waals surface area contributed by atoms with Crippen molar-refractivity contribution in [2.75, 3.05) is 20.3 Å². The molecule has 0 bridgehead atoms. The molecule has 0 aliphatic carbocycles. The first-order valence-corrected chi connectivity index (χ1v) is 5.23. The van der Waals surface area contributed by atoms with E-state index in [1.165, 1.54) is 5.56 Å². The van der Waals surface area contributed by atoms with Crippen LogP contribution < -0.4 is 10.5 Å². The van der Waals surface area contributed by atoms with E-state index in [9.17, 15) is 0 Å². The minimum absolute atomic E-state index is 0.351. The molecule has 1 aliphatic rings. The van der Waals surface area contributed by atoms with Crippen molar-refractivity contribution in [1.29, 1.82) is 0 Å². The Kier molecular flexibility index (Phi) is 2.67. The topological polar surface area (TPSA) is 44.5 Å². The molecule has 82 valence electrons. The Balaban J connectivity index is 2.41. The van der Waals surface area contributed by atoms with Gasteiger partial charge in [0, 0.05) is 5.56 Å². The second-order valence-electron chi connectivity index (χ2n) is 4.04. The molecule has 1 aromatic carbocycles. The Labute approximate surface area is 90.2 Å². The van der Waals surface area contributed by atoms with Gasteiger partial charge in [0.2, 0.25) is 0 Å². The number of hydrogen-bond acceptors (Lipinski definition) is 3. The third-order valence-corrected chi connectivity index (χ3v) is 2.93. The molecule has 15 heavy (non-hydrogen) atoms. The first kappa shape index (κ1) is 10.5. The fourth-order valence-electron chi connectivity index (χ4n) is 1.84. The first-order chi connectivity index (χ1) is 7.19. The van der Waals surface area contributed by atoms with E-state index < -0.39 is 0 Å². The lowest BCUT2D eigenvalue weighted by Gasteiger charge is -2.39. The second kappa shape index (κ2) is 3.83. The van der Waals surface area contributed by atoms with E-state index in [1.807, 2.05) is 6.07 Å². The molecule has 3 nitrogen and oxygen atoms in total. The van der Waals surface area contributed by atoms with Gasteiger partial charge in [0.05, 0.1) is 25.9 Å². The summed E-state index contributed by atoms with van der Waals surface area (Å²) in [6.07, 6.45) is 1.01. The Bertz CT molecular complexity index is 359. The highest BCUT2D eigenvalue weighted by molar-refractivity contribution is 5.43. The maximum Gasteiger partial charge on any atom is 0.124 e. The smallest absolute Gasteiger partial charge is 0.124 e. The summed E-state index contributed by atoms with van der Waals surface area (Å²) in [7, 11) is 1.67. The van der Waals surface area contributed by atoms with Crippen LogP contribution >= 0.6 is 0 Å². The van der Waals surface area contributed by atoms with Crippen LogP contribution in [-0.2, 0) is 16.7 Å². The van der Waals surface area contributed by atoms with Gasteiger partial charge in [0.15, 0.2) is 0 Å². The van der Waals surface area contributed by atoms with Crippen molar-refractivity contribution in [3.63, 3.8) is 0 Å². The number of hydrogen-bond donors (Lipinski definition) is 1. The van der Waals surface area contributed by atoms with Crippen LogP contribution in [0.1, 0.15) is 18.1 Å². The first-order valence-electron chi connectivity index (χ1n) is 5.23. The highest BCUT2D eigenvalue weighted by Gasteiger charge is 2.38. The second-order valence-corrected chi connectivity index (χ2v) is 4.04. The van der Waals surface area contributed by atoms with Crippen LogP contribution in [0.3, 0.4) is 0 Å². The van der Waals surface area contributed by atoms with Crippen LogP contribution in [0.25, 0.3) is 0 Å². The predicted molar refractivity (Wildman–Crippen MR) is 59.1 cm³/mol. The third-order valence-electron chi connectivity index (χ3n) is 2.93. The van der Waals surface area contributed by atoms with Crippen LogP contribution in [0.2, 0.25) is 0 Å². The van der Waals surface area contributed by atoms with Gasteiger partial charge in [-0.1, -0.05) is 19.1 Å². The molecule has 2 rings (SSSR count). The molecule has 0 amide bonds. The van der Waals surface area contributed by atoms with Crippen LogP contribution in [0, 0.1) is 0 Å². The van der Waals surface area contributed by atoms with Crippen molar-refractivity contribution in [1.82, 2.24) is 0 Å². The molecular weight excluding hydrogens is 190 g/mol. The van der Waals surface area contributed by atoms with E-state index in [1.54, 1.807) is 7.11 Å². The fourth-order valence-corrected chi connectivity index (χ4v) is 1.84. The number of nitrogens with two attached hydrogens (primary N) is 1. The van der Waals surface area contributed by atoms with E-state index in [-0.39, 0.29) is 5.54 Å². The molecule has 1 aromatic rings. The number of aryl methyl sites for hydroxylation is 1. The van der Waals surface area contributed by atoms with E-state index in [0.717, 1.165) is 17.7 Å². The summed E-state index contributed by atoms with van der Waals surface area (Å²) < 4.78 is 10.5. The van der Waals surface area contributed by atoms with Gasteiger partial charge in [0.25, 0.3) is 0 Å². The minimum Gasteiger partial charge on any atom is -0.496 e. The molecule has 0 atom stereocenters. The zero-order valence-corrected chi connectivity index (χ0v) is 9.25. The minimum atomic E-state index is -0.351. The summed E-state index contributed by atoms with van der Waals surface area (Å²) in [5.74, 6) is 0.859. The van der Waals surface area contributed by atoms with Gasteiger partial charge in [-0.3, -0.25) is 0 Å². The van der Waals surface area contributed by atoms with E-state index >= 15 is 0 Å². The number of methoxy groups -OCH3 is 1. The lowest BCUT2D eigenvalue weighted by atomic mass is 9.87. The quantitative estimate of drug-likeness (QED) is 0.815. The highest BCUT2D eigenvalue weighted by atomic mass is 16.5. The summed E-state index contributed by atoms with van der Waals surface area (Å²) in [6, 6.07) is 6.19. The van der Waals surface area contributed by atoms with Gasteiger partial charge in [-0.25, -0.2) is 0 Å². The molecule has 1 heterocycles. The maximum absolute atomic E-state index is 6.22. The van der Waals surface area contributed by atoms with E-state index in [4.69, 9.17) is 15.2 Å². The normalized spacial score (nSPS) is 18.3. The molecule has 3 heteroatoms. The van der Waals surface area contributed by atoms with Crippen LogP contribution in [-0.4, -0.2) is 20.3 Å². The molecule has 0 radical (unpaired) electrons. The molecule has 1 saturated heterocycles. The number of ether oxygens (including phenoxy) is 2. The average molecular weight is 207 g/mol. The SMILES string of the molecule is CCc1ccc(OC)c(C2(N)COC2)c1. The van der Waals surface area contributed by atoms with Crippen molar-refractivity contribution in [2.24, 2.45) is 5.73 Å². The van der Waals surface area contributed by atoms with Crippen LogP contribution in [0.4, 0.5) is 0 Å². The predicted octanol–water partition coefficient (Wildman–Crippen LogP) is 1.44. The molecule has 0 saturated carbocycles. The van der Waals surface area contributed by atoms with Crippen LogP contribution in [0.5, 0.6) is 5.75 Å². The van der Waals surface area contributed by atoms with Gasteiger partial charge in [-0.2, -0.15) is 0 Å². The molecular formula is C12H17NO2. The molecule has 1 fully saturated rings. The zero-order valence-electron chi connectivity index (χ0n) is 9.25. The summed E-state index contributed by atoms with van der Waals surface area (Å²) in [4.78, 5) is 0. The van der Waals surface area contributed by atoms with Crippen molar-refractivity contribution in [2.45, 2.75) is 18.9 Å². The third kappa shape index (κ3) is 1.73. The highest BCUT2D eigenvalue weighted by Crippen LogP contribution is 2.34. The number of benzene rings is 1. The summed E-state index contributed by atoms with van der Waals surface area (Å²) in [5.41, 5.74) is 8.21. The van der Waals surface area contributed by atoms with Crippen molar-refractivity contribution < 1.29 is 9.47 Å². The van der Waals surface area contributed by atoms with E-state index in [2.05, 4.69) is 19.1 Å². The van der Waals surface area contributed by atoms with Crippen molar-refractivity contribution in [3.8, 4) is 5.75 Å². The van der Waals surface area contributed by atoms with Gasteiger partial charge in [-0.05, 0) is 18.1 Å². The Morgan fingerprint density at radius 2 is 2.20 bits per heavy atom. The lowest BCUT2D eigenvalue weighted by Crippen LogP contribution is -2.54. The summed E-state index contributed by atoms with van der Waals surface area (Å²) in [6.45, 7) is 3.29.